The molecule has 0 radical (unpaired) electrons. The monoisotopic (exact) mass is 298 g/mol. The molecule has 126 valence electrons. The molecule has 0 aromatic heterocycles. The fraction of sp³-hybridized carbons (Fsp3) is 0.947. The summed E-state index contributed by atoms with van der Waals surface area (Å²) < 4.78 is 5.26. The van der Waals surface area contributed by atoms with Crippen LogP contribution in [0.2, 0.25) is 0 Å². The average molecular weight is 299 g/mol. The summed E-state index contributed by atoms with van der Waals surface area (Å²) in [6, 6.07) is 0. The van der Waals surface area contributed by atoms with E-state index in [0.29, 0.717) is 18.9 Å². The van der Waals surface area contributed by atoms with Crippen LogP contribution in [0, 0.1) is 11.8 Å². The van der Waals surface area contributed by atoms with E-state index in [9.17, 15) is 4.79 Å². The fourth-order valence-electron chi connectivity index (χ4n) is 2.45. The van der Waals surface area contributed by atoms with Crippen LogP contribution in [-0.2, 0) is 9.53 Å². The van der Waals surface area contributed by atoms with Crippen molar-refractivity contribution in [2.45, 2.75) is 98.3 Å². The van der Waals surface area contributed by atoms with Gasteiger partial charge in [0.1, 0.15) is 0 Å². The zero-order valence-corrected chi connectivity index (χ0v) is 15.0. The molecule has 0 N–H and O–H groups in total. The van der Waals surface area contributed by atoms with Gasteiger partial charge in [-0.15, -0.1) is 0 Å². The molecule has 0 bridgehead atoms. The summed E-state index contributed by atoms with van der Waals surface area (Å²) in [5, 5.41) is 0. The maximum Gasteiger partial charge on any atom is 0.305 e. The number of carbonyl (C=O) groups excluding carboxylic acids is 1. The predicted octanol–water partition coefficient (Wildman–Crippen LogP) is 6.13. The largest absolute Gasteiger partial charge is 0.466 e. The molecule has 0 saturated heterocycles. The molecule has 0 aromatic carbocycles. The molecule has 0 amide bonds. The quantitative estimate of drug-likeness (QED) is 0.285. The first-order chi connectivity index (χ1) is 10.0. The lowest BCUT2D eigenvalue weighted by Gasteiger charge is -2.06. The van der Waals surface area contributed by atoms with E-state index >= 15 is 0 Å². The normalized spacial score (nSPS) is 11.3. The molecule has 0 unspecified atom stereocenters. The maximum absolute atomic E-state index is 11.5. The topological polar surface area (TPSA) is 26.3 Å². The molecule has 0 spiro atoms. The van der Waals surface area contributed by atoms with Crippen LogP contribution >= 0.6 is 0 Å². The summed E-state index contributed by atoms with van der Waals surface area (Å²) in [4.78, 5) is 11.5. The smallest absolute Gasteiger partial charge is 0.305 e. The van der Waals surface area contributed by atoms with E-state index in [1.54, 1.807) is 0 Å². The lowest BCUT2D eigenvalue weighted by atomic mass is 10.0. The number of ether oxygens (including phenoxy) is 1. The van der Waals surface area contributed by atoms with Crippen molar-refractivity contribution in [2.24, 2.45) is 11.8 Å². The van der Waals surface area contributed by atoms with E-state index in [0.717, 1.165) is 25.2 Å². The van der Waals surface area contributed by atoms with Gasteiger partial charge in [0, 0.05) is 6.42 Å². The summed E-state index contributed by atoms with van der Waals surface area (Å²) in [5.41, 5.74) is 0. The van der Waals surface area contributed by atoms with Gasteiger partial charge in [0.15, 0.2) is 0 Å². The van der Waals surface area contributed by atoms with Gasteiger partial charge in [-0.25, -0.2) is 0 Å². The number of carbonyl (C=O) groups is 1. The lowest BCUT2D eigenvalue weighted by Crippen LogP contribution is -2.06. The minimum Gasteiger partial charge on any atom is -0.466 e. The molecule has 0 fully saturated rings. The highest BCUT2D eigenvalue weighted by atomic mass is 16.5. The molecule has 0 saturated carbocycles. The minimum absolute atomic E-state index is 0.00987. The Bertz CT molecular complexity index is 234. The van der Waals surface area contributed by atoms with Crippen molar-refractivity contribution >= 4 is 5.97 Å². The number of hydrogen-bond donors (Lipinski definition) is 0. The second-order valence-corrected chi connectivity index (χ2v) is 7.16. The van der Waals surface area contributed by atoms with Gasteiger partial charge in [-0.05, 0) is 24.7 Å². The number of esters is 1. The van der Waals surface area contributed by atoms with Crippen LogP contribution in [-0.4, -0.2) is 12.6 Å². The summed E-state index contributed by atoms with van der Waals surface area (Å²) in [7, 11) is 0. The average Bonchev–Trinajstić information content (AvgIpc) is 2.40. The molecule has 0 rings (SSSR count). The van der Waals surface area contributed by atoms with Gasteiger partial charge >= 0.3 is 5.97 Å². The van der Waals surface area contributed by atoms with Crippen LogP contribution in [0.5, 0.6) is 0 Å². The van der Waals surface area contributed by atoms with Crippen molar-refractivity contribution in [2.75, 3.05) is 6.61 Å². The van der Waals surface area contributed by atoms with Crippen molar-refractivity contribution in [1.82, 2.24) is 0 Å². The Morgan fingerprint density at radius 2 is 1.19 bits per heavy atom. The molecule has 2 heteroatoms. The molecule has 0 aliphatic rings. The van der Waals surface area contributed by atoms with Crippen molar-refractivity contribution < 1.29 is 9.53 Å². The van der Waals surface area contributed by atoms with Crippen molar-refractivity contribution in [1.29, 1.82) is 0 Å². The Kier molecular flexibility index (Phi) is 14.0. The Hall–Kier alpha value is -0.530. The molecule has 2 nitrogen and oxygen atoms in total. The third-order valence-corrected chi connectivity index (χ3v) is 3.85. The molecule has 0 atom stereocenters. The van der Waals surface area contributed by atoms with Gasteiger partial charge in [-0.2, -0.15) is 0 Å². The molecule has 0 aromatic rings. The van der Waals surface area contributed by atoms with Crippen LogP contribution in [0.1, 0.15) is 98.3 Å². The van der Waals surface area contributed by atoms with Gasteiger partial charge in [0.25, 0.3) is 0 Å². The predicted molar refractivity (Wildman–Crippen MR) is 91.4 cm³/mol. The molecular weight excluding hydrogens is 260 g/mol. The molecule has 0 aliphatic heterocycles. The number of rotatable bonds is 14. The number of hydrogen-bond acceptors (Lipinski definition) is 2. The van der Waals surface area contributed by atoms with E-state index in [1.165, 1.54) is 44.9 Å². The van der Waals surface area contributed by atoms with Crippen LogP contribution in [0.3, 0.4) is 0 Å². The van der Waals surface area contributed by atoms with Crippen molar-refractivity contribution in [3.8, 4) is 0 Å². The zero-order chi connectivity index (χ0) is 15.9. The highest BCUT2D eigenvalue weighted by Gasteiger charge is 2.03. The first-order valence-electron chi connectivity index (χ1n) is 9.18. The van der Waals surface area contributed by atoms with E-state index in [-0.39, 0.29) is 5.97 Å². The van der Waals surface area contributed by atoms with Gasteiger partial charge < -0.3 is 4.74 Å². The first kappa shape index (κ1) is 20.5. The highest BCUT2D eigenvalue weighted by Crippen LogP contribution is 2.12. The molecule has 0 aliphatic carbocycles. The van der Waals surface area contributed by atoms with Crippen LogP contribution in [0.4, 0.5) is 0 Å². The van der Waals surface area contributed by atoms with Gasteiger partial charge in [0.05, 0.1) is 6.61 Å². The highest BCUT2D eigenvalue weighted by molar-refractivity contribution is 5.69. The Balaban J connectivity index is 3.16. The van der Waals surface area contributed by atoms with E-state index in [4.69, 9.17) is 4.74 Å². The lowest BCUT2D eigenvalue weighted by molar-refractivity contribution is -0.143. The third-order valence-electron chi connectivity index (χ3n) is 3.85. The summed E-state index contributed by atoms with van der Waals surface area (Å²) in [5.74, 6) is 1.52. The Morgan fingerprint density at radius 3 is 1.76 bits per heavy atom. The van der Waals surface area contributed by atoms with Gasteiger partial charge in [-0.1, -0.05) is 79.1 Å². The van der Waals surface area contributed by atoms with E-state index in [2.05, 4.69) is 27.7 Å². The summed E-state index contributed by atoms with van der Waals surface area (Å²) in [6.45, 7) is 9.59. The van der Waals surface area contributed by atoms with Crippen LogP contribution < -0.4 is 0 Å². The Morgan fingerprint density at radius 1 is 0.714 bits per heavy atom. The van der Waals surface area contributed by atoms with Gasteiger partial charge in [0.2, 0.25) is 0 Å². The second-order valence-electron chi connectivity index (χ2n) is 7.16. The number of unbranched alkanes of at least 4 members (excludes halogenated alkanes) is 6. The van der Waals surface area contributed by atoms with E-state index < -0.39 is 0 Å². The standard InChI is InChI=1S/C19H38O2/c1-17(2)13-10-8-6-5-7-9-11-16-21-19(20)15-12-14-18(3)4/h17-18H,5-16H2,1-4H3. The summed E-state index contributed by atoms with van der Waals surface area (Å²) >= 11 is 0. The Labute approximate surface area is 133 Å². The zero-order valence-electron chi connectivity index (χ0n) is 15.0. The summed E-state index contributed by atoms with van der Waals surface area (Å²) in [6.07, 6.45) is 13.0. The maximum atomic E-state index is 11.5. The van der Waals surface area contributed by atoms with Gasteiger partial charge in [-0.3, -0.25) is 4.79 Å². The first-order valence-corrected chi connectivity index (χ1v) is 9.18. The van der Waals surface area contributed by atoms with Crippen molar-refractivity contribution in [3.05, 3.63) is 0 Å². The van der Waals surface area contributed by atoms with Crippen LogP contribution in [0.25, 0.3) is 0 Å². The fourth-order valence-corrected chi connectivity index (χ4v) is 2.45. The minimum atomic E-state index is -0.00987. The second kappa shape index (κ2) is 14.4. The molecule has 0 heterocycles. The van der Waals surface area contributed by atoms with Crippen LogP contribution in [0.15, 0.2) is 0 Å². The SMILES string of the molecule is CC(C)CCCCCCCCCOC(=O)CCCC(C)C. The van der Waals surface area contributed by atoms with E-state index in [1.807, 2.05) is 0 Å². The molecule has 21 heavy (non-hydrogen) atoms. The van der Waals surface area contributed by atoms with Crippen molar-refractivity contribution in [3.63, 3.8) is 0 Å². The molecular formula is C19H38O2. The third kappa shape index (κ3) is 17.4.